The standard InChI is InChI=1S/C20H15BrN2O3/c21-14-6-7-17-16(11-14)20(26,19(25)22-17)12-18(24)13-4-3-5-15(10-13)23-8-1-2-9-23/h1-11,26H,12H2,(H,22,25)/t20-/m0/s1. The lowest BCUT2D eigenvalue weighted by molar-refractivity contribution is -0.133. The van der Waals surface area contributed by atoms with Crippen LogP contribution in [0.25, 0.3) is 5.69 Å². The Labute approximate surface area is 158 Å². The quantitative estimate of drug-likeness (QED) is 0.644. The zero-order chi connectivity index (χ0) is 18.3. The Balaban J connectivity index is 1.66. The van der Waals surface area contributed by atoms with E-state index >= 15 is 0 Å². The van der Waals surface area contributed by atoms with Crippen LogP contribution in [0.1, 0.15) is 22.3 Å². The van der Waals surface area contributed by atoms with Crippen LogP contribution in [0.5, 0.6) is 0 Å². The molecule has 4 rings (SSSR count). The van der Waals surface area contributed by atoms with E-state index < -0.39 is 11.5 Å². The second-order valence-corrected chi connectivity index (χ2v) is 7.16. The minimum absolute atomic E-state index is 0.301. The van der Waals surface area contributed by atoms with E-state index in [4.69, 9.17) is 0 Å². The molecule has 1 aliphatic heterocycles. The number of nitrogens with one attached hydrogen (secondary N) is 1. The van der Waals surface area contributed by atoms with Crippen LogP contribution in [0.2, 0.25) is 0 Å². The van der Waals surface area contributed by atoms with Crippen molar-refractivity contribution in [2.75, 3.05) is 5.32 Å². The fourth-order valence-corrected chi connectivity index (χ4v) is 3.53. The zero-order valence-corrected chi connectivity index (χ0v) is 15.2. The number of anilines is 1. The van der Waals surface area contributed by atoms with E-state index in [2.05, 4.69) is 21.2 Å². The molecule has 2 heterocycles. The van der Waals surface area contributed by atoms with E-state index in [0.717, 1.165) is 10.2 Å². The molecule has 0 saturated heterocycles. The molecule has 1 amide bonds. The van der Waals surface area contributed by atoms with Crippen LogP contribution >= 0.6 is 15.9 Å². The first-order valence-electron chi connectivity index (χ1n) is 8.08. The number of rotatable bonds is 4. The van der Waals surface area contributed by atoms with Crippen LogP contribution in [0, 0.1) is 0 Å². The first kappa shape index (κ1) is 16.8. The lowest BCUT2D eigenvalue weighted by Gasteiger charge is -2.20. The molecule has 1 aromatic heterocycles. The van der Waals surface area contributed by atoms with Crippen LogP contribution in [0.3, 0.4) is 0 Å². The Hall–Kier alpha value is -2.70. The van der Waals surface area contributed by atoms with Gasteiger partial charge in [-0.3, -0.25) is 9.59 Å². The average Bonchev–Trinajstić information content (AvgIpc) is 3.24. The predicted octanol–water partition coefficient (Wildman–Crippen LogP) is 3.65. The zero-order valence-electron chi connectivity index (χ0n) is 13.6. The molecule has 130 valence electrons. The lowest BCUT2D eigenvalue weighted by atomic mass is 9.88. The van der Waals surface area contributed by atoms with Gasteiger partial charge in [-0.15, -0.1) is 0 Å². The molecular formula is C20H15BrN2O3. The average molecular weight is 411 g/mol. The second-order valence-electron chi connectivity index (χ2n) is 6.24. The molecule has 2 N–H and O–H groups in total. The number of nitrogens with zero attached hydrogens (tertiary/aromatic N) is 1. The summed E-state index contributed by atoms with van der Waals surface area (Å²) in [6, 6.07) is 16.0. The molecule has 0 aliphatic carbocycles. The summed E-state index contributed by atoms with van der Waals surface area (Å²) in [6.07, 6.45) is 3.45. The summed E-state index contributed by atoms with van der Waals surface area (Å²) in [5.74, 6) is -0.884. The summed E-state index contributed by atoms with van der Waals surface area (Å²) >= 11 is 3.34. The summed E-state index contributed by atoms with van der Waals surface area (Å²) in [5.41, 5.74) is 0.341. The summed E-state index contributed by atoms with van der Waals surface area (Å²) in [7, 11) is 0. The molecule has 6 heteroatoms. The number of fused-ring (bicyclic) bond motifs is 1. The van der Waals surface area contributed by atoms with Crippen molar-refractivity contribution in [3.8, 4) is 5.69 Å². The molecule has 3 aromatic rings. The summed E-state index contributed by atoms with van der Waals surface area (Å²) < 4.78 is 2.62. The third-order valence-corrected chi connectivity index (χ3v) is 5.03. The van der Waals surface area contributed by atoms with Gasteiger partial charge in [-0.05, 0) is 42.5 Å². The number of ketones is 1. The number of halogens is 1. The summed E-state index contributed by atoms with van der Waals surface area (Å²) in [4.78, 5) is 25.2. The summed E-state index contributed by atoms with van der Waals surface area (Å²) in [5, 5.41) is 13.6. The number of hydrogen-bond acceptors (Lipinski definition) is 3. The number of Topliss-reactive ketones (excluding diaryl/α,β-unsaturated/α-hetero) is 1. The van der Waals surface area contributed by atoms with Crippen LogP contribution < -0.4 is 5.32 Å². The van der Waals surface area contributed by atoms with Crippen LogP contribution in [0.4, 0.5) is 5.69 Å². The van der Waals surface area contributed by atoms with Crippen LogP contribution in [-0.4, -0.2) is 21.4 Å². The maximum atomic E-state index is 12.8. The molecule has 0 radical (unpaired) electrons. The highest BCUT2D eigenvalue weighted by molar-refractivity contribution is 9.10. The fraction of sp³-hybridized carbons (Fsp3) is 0.100. The number of amides is 1. The maximum Gasteiger partial charge on any atom is 0.261 e. The van der Waals surface area contributed by atoms with Gasteiger partial charge in [0, 0.05) is 39.4 Å². The molecule has 1 aliphatic rings. The van der Waals surface area contributed by atoms with Crippen molar-refractivity contribution in [3.63, 3.8) is 0 Å². The number of hydrogen-bond donors (Lipinski definition) is 2. The molecule has 2 aromatic carbocycles. The van der Waals surface area contributed by atoms with Crippen molar-refractivity contribution in [3.05, 3.63) is 82.6 Å². The molecule has 0 unspecified atom stereocenters. The molecule has 0 saturated carbocycles. The normalized spacial score (nSPS) is 18.5. The molecule has 0 fully saturated rings. The molecule has 1 atom stereocenters. The topological polar surface area (TPSA) is 71.3 Å². The molecule has 0 spiro atoms. The highest BCUT2D eigenvalue weighted by Crippen LogP contribution is 2.40. The van der Waals surface area contributed by atoms with E-state index in [1.165, 1.54) is 0 Å². The van der Waals surface area contributed by atoms with Crippen molar-refractivity contribution in [2.45, 2.75) is 12.0 Å². The Bertz CT molecular complexity index is 1010. The smallest absolute Gasteiger partial charge is 0.261 e. The van der Waals surface area contributed by atoms with Gasteiger partial charge >= 0.3 is 0 Å². The first-order valence-corrected chi connectivity index (χ1v) is 8.87. The Kier molecular flexibility index (Phi) is 4.01. The number of aliphatic hydroxyl groups is 1. The largest absolute Gasteiger partial charge is 0.375 e. The predicted molar refractivity (Wildman–Crippen MR) is 101 cm³/mol. The van der Waals surface area contributed by atoms with Gasteiger partial charge in [0.25, 0.3) is 5.91 Å². The van der Waals surface area contributed by atoms with Gasteiger partial charge in [0.15, 0.2) is 11.4 Å². The van der Waals surface area contributed by atoms with Gasteiger partial charge in [0.2, 0.25) is 0 Å². The Morgan fingerprint density at radius 1 is 1.12 bits per heavy atom. The van der Waals surface area contributed by atoms with Crippen molar-refractivity contribution in [1.82, 2.24) is 4.57 Å². The highest BCUT2D eigenvalue weighted by Gasteiger charge is 2.46. The molecular weight excluding hydrogens is 396 g/mol. The van der Waals surface area contributed by atoms with Crippen molar-refractivity contribution in [2.24, 2.45) is 0 Å². The van der Waals surface area contributed by atoms with Crippen molar-refractivity contribution < 1.29 is 14.7 Å². The highest BCUT2D eigenvalue weighted by atomic mass is 79.9. The van der Waals surface area contributed by atoms with Crippen molar-refractivity contribution >= 4 is 33.3 Å². The Morgan fingerprint density at radius 2 is 1.88 bits per heavy atom. The van der Waals surface area contributed by atoms with E-state index in [1.54, 1.807) is 36.4 Å². The molecule has 26 heavy (non-hydrogen) atoms. The van der Waals surface area contributed by atoms with Gasteiger partial charge in [-0.25, -0.2) is 0 Å². The third kappa shape index (κ3) is 2.77. The van der Waals surface area contributed by atoms with Gasteiger partial charge in [-0.1, -0.05) is 28.1 Å². The van der Waals surface area contributed by atoms with E-state index in [-0.39, 0.29) is 12.2 Å². The summed E-state index contributed by atoms with van der Waals surface area (Å²) in [6.45, 7) is 0. The number of aromatic nitrogens is 1. The third-order valence-electron chi connectivity index (χ3n) is 4.54. The Morgan fingerprint density at radius 3 is 2.65 bits per heavy atom. The lowest BCUT2D eigenvalue weighted by Crippen LogP contribution is -2.36. The minimum atomic E-state index is -1.88. The van der Waals surface area contributed by atoms with Crippen LogP contribution in [-0.2, 0) is 10.4 Å². The van der Waals surface area contributed by atoms with Gasteiger partial charge in [-0.2, -0.15) is 0 Å². The first-order chi connectivity index (χ1) is 12.5. The minimum Gasteiger partial charge on any atom is -0.375 e. The maximum absolute atomic E-state index is 12.8. The monoisotopic (exact) mass is 410 g/mol. The van der Waals surface area contributed by atoms with Gasteiger partial charge in [0.05, 0.1) is 6.42 Å². The SMILES string of the molecule is O=C(C[C@@]1(O)C(=O)Nc2ccc(Br)cc21)c1cccc(-n2cccc2)c1. The van der Waals surface area contributed by atoms with Crippen LogP contribution in [0.15, 0.2) is 71.5 Å². The van der Waals surface area contributed by atoms with Gasteiger partial charge in [0.1, 0.15) is 0 Å². The number of carbonyl (C=O) groups is 2. The second kappa shape index (κ2) is 6.23. The molecule has 0 bridgehead atoms. The molecule has 5 nitrogen and oxygen atoms in total. The van der Waals surface area contributed by atoms with E-state index in [1.807, 2.05) is 35.2 Å². The van der Waals surface area contributed by atoms with E-state index in [9.17, 15) is 14.7 Å². The fourth-order valence-electron chi connectivity index (χ4n) is 3.17. The van der Waals surface area contributed by atoms with E-state index in [0.29, 0.717) is 16.8 Å². The van der Waals surface area contributed by atoms with Crippen molar-refractivity contribution in [1.29, 1.82) is 0 Å². The van der Waals surface area contributed by atoms with Gasteiger partial charge < -0.3 is 15.0 Å². The number of carbonyl (C=O) groups excluding carboxylic acids is 2. The number of benzene rings is 2.